The largest absolute Gasteiger partial charge is 0.496 e. The van der Waals surface area contributed by atoms with E-state index in [0.717, 1.165) is 5.56 Å². The first-order valence-electron chi connectivity index (χ1n) is 3.70. The second-order valence-electron chi connectivity index (χ2n) is 2.33. The Balaban J connectivity index is 3.19. The van der Waals surface area contributed by atoms with E-state index in [1.807, 2.05) is 0 Å². The van der Waals surface area contributed by atoms with Gasteiger partial charge in [-0.1, -0.05) is 12.7 Å². The lowest BCUT2D eigenvalue weighted by Crippen LogP contribution is -1.85. The third-order valence-electron chi connectivity index (χ3n) is 1.61. The van der Waals surface area contributed by atoms with Gasteiger partial charge in [-0.2, -0.15) is 4.99 Å². The molecule has 3 heteroatoms. The number of isocyanates is 1. The van der Waals surface area contributed by atoms with E-state index in [2.05, 4.69) is 11.6 Å². The van der Waals surface area contributed by atoms with Gasteiger partial charge in [0.15, 0.2) is 0 Å². The minimum Gasteiger partial charge on any atom is -0.496 e. The number of nitrogens with zero attached hydrogens (tertiary/aromatic N) is 1. The second-order valence-corrected chi connectivity index (χ2v) is 2.33. The van der Waals surface area contributed by atoms with Crippen molar-refractivity contribution in [1.82, 2.24) is 0 Å². The van der Waals surface area contributed by atoms with Crippen molar-refractivity contribution in [2.24, 2.45) is 4.99 Å². The second kappa shape index (κ2) is 4.24. The molecule has 1 aromatic carbocycles. The lowest BCUT2D eigenvalue weighted by molar-refractivity contribution is 0.414. The van der Waals surface area contributed by atoms with Crippen molar-refractivity contribution < 1.29 is 9.53 Å². The van der Waals surface area contributed by atoms with E-state index < -0.39 is 0 Å². The SMILES string of the molecule is C=Cc1cc(N=C=O)ccc1OC. The molecule has 0 spiro atoms. The molecule has 0 bridgehead atoms. The first-order chi connectivity index (χ1) is 6.31. The zero-order valence-corrected chi connectivity index (χ0v) is 7.28. The molecule has 66 valence electrons. The summed E-state index contributed by atoms with van der Waals surface area (Å²) in [7, 11) is 1.57. The van der Waals surface area contributed by atoms with Gasteiger partial charge in [0.25, 0.3) is 0 Å². The van der Waals surface area contributed by atoms with Crippen molar-refractivity contribution in [3.05, 3.63) is 30.3 Å². The van der Waals surface area contributed by atoms with Crippen LogP contribution in [0.15, 0.2) is 29.8 Å². The van der Waals surface area contributed by atoms with Crippen LogP contribution in [0.25, 0.3) is 6.08 Å². The number of carbonyl (C=O) groups excluding carboxylic acids is 1. The Morgan fingerprint density at radius 3 is 2.92 bits per heavy atom. The highest BCUT2D eigenvalue weighted by molar-refractivity contribution is 5.62. The average Bonchev–Trinajstić information content (AvgIpc) is 2.18. The summed E-state index contributed by atoms with van der Waals surface area (Å²) in [6.45, 7) is 3.62. The highest BCUT2D eigenvalue weighted by Gasteiger charge is 1.99. The average molecular weight is 175 g/mol. The van der Waals surface area contributed by atoms with Crippen LogP contribution in [0.2, 0.25) is 0 Å². The fraction of sp³-hybridized carbons (Fsp3) is 0.100. The molecule has 0 saturated heterocycles. The molecular formula is C10H9NO2. The first kappa shape index (κ1) is 9.23. The Morgan fingerprint density at radius 1 is 1.62 bits per heavy atom. The van der Waals surface area contributed by atoms with Crippen LogP contribution in [0.1, 0.15) is 5.56 Å². The summed E-state index contributed by atoms with van der Waals surface area (Å²) in [5, 5.41) is 0. The van der Waals surface area contributed by atoms with Crippen LogP contribution in [0, 0.1) is 0 Å². The van der Waals surface area contributed by atoms with Crippen LogP contribution in [0.5, 0.6) is 5.75 Å². The van der Waals surface area contributed by atoms with E-state index in [4.69, 9.17) is 4.74 Å². The van der Waals surface area contributed by atoms with Crippen molar-refractivity contribution in [2.75, 3.05) is 7.11 Å². The molecule has 1 rings (SSSR count). The maximum atomic E-state index is 9.98. The van der Waals surface area contributed by atoms with Gasteiger partial charge in [-0.15, -0.1) is 0 Å². The van der Waals surface area contributed by atoms with Gasteiger partial charge in [-0.3, -0.25) is 0 Å². The van der Waals surface area contributed by atoms with Gasteiger partial charge in [-0.25, -0.2) is 4.79 Å². The molecule has 0 amide bonds. The lowest BCUT2D eigenvalue weighted by Gasteiger charge is -2.03. The zero-order chi connectivity index (χ0) is 9.68. The molecule has 0 radical (unpaired) electrons. The molecule has 0 N–H and O–H groups in total. The van der Waals surface area contributed by atoms with Gasteiger partial charge >= 0.3 is 0 Å². The summed E-state index contributed by atoms with van der Waals surface area (Å²) in [5.74, 6) is 0.708. The number of hydrogen-bond donors (Lipinski definition) is 0. The molecule has 0 heterocycles. The number of ether oxygens (including phenoxy) is 1. The Labute approximate surface area is 76.4 Å². The van der Waals surface area contributed by atoms with Crippen molar-refractivity contribution in [1.29, 1.82) is 0 Å². The molecule has 0 fully saturated rings. The Hall–Kier alpha value is -1.86. The highest BCUT2D eigenvalue weighted by atomic mass is 16.5. The summed E-state index contributed by atoms with van der Waals surface area (Å²) in [6.07, 6.45) is 3.11. The normalized spacial score (nSPS) is 8.69. The predicted octanol–water partition coefficient (Wildman–Crippen LogP) is 2.31. The Morgan fingerprint density at radius 2 is 2.38 bits per heavy atom. The molecule has 0 atom stereocenters. The molecular weight excluding hydrogens is 166 g/mol. The number of methoxy groups -OCH3 is 1. The van der Waals surface area contributed by atoms with Gasteiger partial charge in [0.2, 0.25) is 6.08 Å². The van der Waals surface area contributed by atoms with Crippen LogP contribution in [-0.4, -0.2) is 13.2 Å². The van der Waals surface area contributed by atoms with Gasteiger partial charge in [0.05, 0.1) is 12.8 Å². The molecule has 0 unspecified atom stereocenters. The standard InChI is InChI=1S/C10H9NO2/c1-3-8-6-9(11-7-12)4-5-10(8)13-2/h3-6H,1H2,2H3. The molecule has 0 aliphatic rings. The van der Waals surface area contributed by atoms with Crippen LogP contribution in [-0.2, 0) is 4.79 Å². The summed E-state index contributed by atoms with van der Waals surface area (Å²) >= 11 is 0. The first-order valence-corrected chi connectivity index (χ1v) is 3.70. The van der Waals surface area contributed by atoms with E-state index in [-0.39, 0.29) is 0 Å². The maximum absolute atomic E-state index is 9.98. The zero-order valence-electron chi connectivity index (χ0n) is 7.28. The van der Waals surface area contributed by atoms with Gasteiger partial charge in [0.1, 0.15) is 5.75 Å². The fourth-order valence-corrected chi connectivity index (χ4v) is 1.00. The fourth-order valence-electron chi connectivity index (χ4n) is 1.00. The van der Waals surface area contributed by atoms with E-state index in [1.165, 1.54) is 6.08 Å². The smallest absolute Gasteiger partial charge is 0.240 e. The lowest BCUT2D eigenvalue weighted by atomic mass is 10.2. The molecule has 0 aromatic heterocycles. The molecule has 0 aliphatic carbocycles. The van der Waals surface area contributed by atoms with E-state index in [1.54, 1.807) is 31.4 Å². The molecule has 3 nitrogen and oxygen atoms in total. The third kappa shape index (κ3) is 2.04. The summed E-state index contributed by atoms with van der Waals surface area (Å²) < 4.78 is 5.06. The monoisotopic (exact) mass is 175 g/mol. The minimum absolute atomic E-state index is 0.547. The van der Waals surface area contributed by atoms with Crippen LogP contribution < -0.4 is 4.74 Å². The van der Waals surface area contributed by atoms with Gasteiger partial charge < -0.3 is 4.74 Å². The topological polar surface area (TPSA) is 38.7 Å². The summed E-state index contributed by atoms with van der Waals surface area (Å²) in [5.41, 5.74) is 1.35. The number of aliphatic imine (C=N–C) groups is 1. The van der Waals surface area contributed by atoms with Gasteiger partial charge in [0, 0.05) is 5.56 Å². The van der Waals surface area contributed by atoms with Crippen LogP contribution in [0.3, 0.4) is 0 Å². The van der Waals surface area contributed by atoms with Gasteiger partial charge in [-0.05, 0) is 18.2 Å². The van der Waals surface area contributed by atoms with Crippen molar-refractivity contribution >= 4 is 17.8 Å². The molecule has 0 saturated carbocycles. The molecule has 13 heavy (non-hydrogen) atoms. The summed E-state index contributed by atoms with van der Waals surface area (Å²) in [6, 6.07) is 5.11. The maximum Gasteiger partial charge on any atom is 0.240 e. The van der Waals surface area contributed by atoms with E-state index in [0.29, 0.717) is 11.4 Å². The Kier molecular flexibility index (Phi) is 3.01. The summed E-state index contributed by atoms with van der Waals surface area (Å²) in [4.78, 5) is 13.5. The predicted molar refractivity (Wildman–Crippen MR) is 50.9 cm³/mol. The molecule has 0 aliphatic heterocycles. The number of benzene rings is 1. The quantitative estimate of drug-likeness (QED) is 0.522. The van der Waals surface area contributed by atoms with Crippen LogP contribution in [0.4, 0.5) is 5.69 Å². The highest BCUT2D eigenvalue weighted by Crippen LogP contribution is 2.24. The number of hydrogen-bond acceptors (Lipinski definition) is 3. The minimum atomic E-state index is 0.547. The van der Waals surface area contributed by atoms with Crippen molar-refractivity contribution in [3.8, 4) is 5.75 Å². The Bertz CT molecular complexity index is 365. The van der Waals surface area contributed by atoms with Crippen molar-refractivity contribution in [3.63, 3.8) is 0 Å². The van der Waals surface area contributed by atoms with Crippen LogP contribution >= 0.6 is 0 Å². The third-order valence-corrected chi connectivity index (χ3v) is 1.61. The van der Waals surface area contributed by atoms with E-state index in [9.17, 15) is 4.79 Å². The number of rotatable bonds is 3. The van der Waals surface area contributed by atoms with Crippen molar-refractivity contribution in [2.45, 2.75) is 0 Å². The van der Waals surface area contributed by atoms with E-state index >= 15 is 0 Å². The molecule has 1 aromatic rings.